The van der Waals surface area contributed by atoms with E-state index in [4.69, 9.17) is 14.5 Å². The molecule has 3 atom stereocenters. The zero-order valence-corrected chi connectivity index (χ0v) is 21.1. The molecule has 1 aromatic heterocycles. The van der Waals surface area contributed by atoms with E-state index < -0.39 is 0 Å². The Morgan fingerprint density at radius 1 is 1.03 bits per heavy atom. The van der Waals surface area contributed by atoms with Crippen molar-refractivity contribution in [2.75, 3.05) is 17.8 Å². The Balaban J connectivity index is 1.32. The first kappa shape index (κ1) is 22.8. The first-order valence-corrected chi connectivity index (χ1v) is 13.8. The monoisotopic (exact) mass is 546 g/mol. The van der Waals surface area contributed by atoms with Crippen LogP contribution in [0.15, 0.2) is 48.7 Å². The summed E-state index contributed by atoms with van der Waals surface area (Å²) in [6.45, 7) is 1.86. The summed E-state index contributed by atoms with van der Waals surface area (Å²) in [5.41, 5.74) is 4.23. The van der Waals surface area contributed by atoms with Crippen molar-refractivity contribution >= 4 is 22.6 Å². The van der Waals surface area contributed by atoms with Crippen molar-refractivity contribution in [1.29, 1.82) is 0 Å². The number of aromatic nitrogens is 1. The minimum Gasteiger partial charge on any atom is -0.375 e. The van der Waals surface area contributed by atoms with Crippen LogP contribution in [0.25, 0.3) is 0 Å². The molecular weight excluding hydrogens is 511 g/mol. The van der Waals surface area contributed by atoms with Crippen LogP contribution < -0.4 is 5.32 Å². The normalized spacial score (nSPS) is 29.2. The zero-order chi connectivity index (χ0) is 21.9. The van der Waals surface area contributed by atoms with Gasteiger partial charge in [0.15, 0.2) is 0 Å². The van der Waals surface area contributed by atoms with Gasteiger partial charge in [-0.2, -0.15) is 0 Å². The van der Waals surface area contributed by atoms with Gasteiger partial charge in [0, 0.05) is 30.0 Å². The highest BCUT2D eigenvalue weighted by molar-refractivity contribution is 14.1. The molecule has 1 saturated carbocycles. The second-order valence-electron chi connectivity index (χ2n) is 9.89. The third-order valence-electron chi connectivity index (χ3n) is 8.07. The maximum absolute atomic E-state index is 6.42. The molecule has 4 nitrogen and oxygen atoms in total. The van der Waals surface area contributed by atoms with Gasteiger partial charge in [0.1, 0.15) is 0 Å². The first-order valence-electron chi connectivity index (χ1n) is 12.3. The summed E-state index contributed by atoms with van der Waals surface area (Å²) in [6, 6.07) is 15.7. The number of nitrogens with zero attached hydrogens (tertiary/aromatic N) is 1. The zero-order valence-electron chi connectivity index (χ0n) is 18.9. The van der Waals surface area contributed by atoms with Crippen molar-refractivity contribution in [3.63, 3.8) is 0 Å². The molecule has 0 radical (unpaired) electrons. The summed E-state index contributed by atoms with van der Waals surface area (Å²) in [5, 5.41) is 3.94. The predicted octanol–water partition coefficient (Wildman–Crippen LogP) is 6.41. The molecule has 2 aromatic rings. The van der Waals surface area contributed by atoms with Gasteiger partial charge in [-0.1, -0.05) is 65.8 Å². The molecule has 2 aliphatic carbocycles. The topological polar surface area (TPSA) is 43.4 Å². The fourth-order valence-corrected chi connectivity index (χ4v) is 6.93. The van der Waals surface area contributed by atoms with E-state index in [0.717, 1.165) is 49.9 Å². The minimum absolute atomic E-state index is 0.0806. The van der Waals surface area contributed by atoms with E-state index in [1.165, 1.54) is 42.5 Å². The highest BCUT2D eigenvalue weighted by atomic mass is 127. The molecule has 32 heavy (non-hydrogen) atoms. The standard InChI is InChI=1S/C27H35IN2O2/c28-20-31-24-11-10-23(21-7-1-2-8-22(21)24)29-17-14-26(25-9-3-6-16-30-25)15-18-32-27(19-26)12-4-5-13-27/h1-3,6-9,16,23-24,29H,4-5,10-15,17-20H2/t23-,24-,26+/m0/s1. The molecule has 0 amide bonds. The molecule has 172 valence electrons. The Bertz CT molecular complexity index is 886. The maximum Gasteiger partial charge on any atom is 0.0987 e. The molecule has 1 spiro atoms. The van der Waals surface area contributed by atoms with Gasteiger partial charge in [0.2, 0.25) is 0 Å². The number of alkyl halides is 1. The molecule has 0 unspecified atom stereocenters. The number of nitrogens with one attached hydrogen (secondary N) is 1. The summed E-state index contributed by atoms with van der Waals surface area (Å²) < 4.78 is 13.2. The fraction of sp³-hybridized carbons (Fsp3) is 0.593. The Kier molecular flexibility index (Phi) is 7.17. The van der Waals surface area contributed by atoms with E-state index in [0.29, 0.717) is 6.04 Å². The molecule has 0 bridgehead atoms. The Labute approximate surface area is 206 Å². The molecule has 1 aliphatic heterocycles. The van der Waals surface area contributed by atoms with Gasteiger partial charge >= 0.3 is 0 Å². The Morgan fingerprint density at radius 2 is 1.84 bits per heavy atom. The van der Waals surface area contributed by atoms with E-state index in [1.807, 2.05) is 12.3 Å². The fourth-order valence-electron chi connectivity index (χ4n) is 6.49. The molecule has 1 N–H and O–H groups in total. The van der Waals surface area contributed by atoms with Crippen LogP contribution in [-0.2, 0) is 14.9 Å². The van der Waals surface area contributed by atoms with Gasteiger partial charge in [-0.15, -0.1) is 0 Å². The van der Waals surface area contributed by atoms with Gasteiger partial charge in [-0.05, 0) is 74.8 Å². The van der Waals surface area contributed by atoms with E-state index in [2.05, 4.69) is 64.3 Å². The highest BCUT2D eigenvalue weighted by Crippen LogP contribution is 2.49. The highest BCUT2D eigenvalue weighted by Gasteiger charge is 2.48. The van der Waals surface area contributed by atoms with Crippen molar-refractivity contribution in [1.82, 2.24) is 10.3 Å². The van der Waals surface area contributed by atoms with Crippen molar-refractivity contribution in [2.24, 2.45) is 0 Å². The van der Waals surface area contributed by atoms with E-state index in [9.17, 15) is 0 Å². The van der Waals surface area contributed by atoms with Crippen LogP contribution in [-0.4, -0.2) is 28.4 Å². The molecule has 5 heteroatoms. The number of pyridine rings is 1. The first-order chi connectivity index (χ1) is 15.7. The second-order valence-corrected chi connectivity index (χ2v) is 10.5. The van der Waals surface area contributed by atoms with Crippen LogP contribution in [0.5, 0.6) is 0 Å². The average molecular weight is 546 g/mol. The molecule has 5 rings (SSSR count). The summed E-state index contributed by atoms with van der Waals surface area (Å²) in [7, 11) is 0. The van der Waals surface area contributed by atoms with Gasteiger partial charge in [0.25, 0.3) is 0 Å². The van der Waals surface area contributed by atoms with Crippen LogP contribution in [0.4, 0.5) is 0 Å². The molecule has 2 fully saturated rings. The van der Waals surface area contributed by atoms with Gasteiger partial charge in [-0.25, -0.2) is 0 Å². The average Bonchev–Trinajstić information content (AvgIpc) is 3.28. The lowest BCUT2D eigenvalue weighted by Crippen LogP contribution is -2.47. The van der Waals surface area contributed by atoms with Gasteiger partial charge in [-0.3, -0.25) is 4.98 Å². The Hall–Kier alpha value is -1.02. The predicted molar refractivity (Wildman–Crippen MR) is 136 cm³/mol. The number of hydrogen-bond acceptors (Lipinski definition) is 4. The summed E-state index contributed by atoms with van der Waals surface area (Å²) in [4.78, 5) is 4.86. The van der Waals surface area contributed by atoms with E-state index in [1.54, 1.807) is 0 Å². The van der Waals surface area contributed by atoms with Crippen LogP contribution in [0, 0.1) is 0 Å². The van der Waals surface area contributed by atoms with Gasteiger partial charge in [0.05, 0.1) is 16.3 Å². The minimum atomic E-state index is 0.0806. The largest absolute Gasteiger partial charge is 0.375 e. The second kappa shape index (κ2) is 10.1. The molecular formula is C27H35IN2O2. The molecule has 2 heterocycles. The van der Waals surface area contributed by atoms with Crippen LogP contribution in [0.3, 0.4) is 0 Å². The number of rotatable bonds is 7. The molecule has 1 aromatic carbocycles. The lowest BCUT2D eigenvalue weighted by atomic mass is 9.68. The van der Waals surface area contributed by atoms with Crippen LogP contribution >= 0.6 is 22.6 Å². The number of ether oxygens (including phenoxy) is 2. The molecule has 1 saturated heterocycles. The summed E-state index contributed by atoms with van der Waals surface area (Å²) in [5.74, 6) is 0. The summed E-state index contributed by atoms with van der Waals surface area (Å²) >= 11 is 2.31. The number of hydrogen-bond donors (Lipinski definition) is 1. The maximum atomic E-state index is 6.42. The van der Waals surface area contributed by atoms with Crippen molar-refractivity contribution in [2.45, 2.75) is 80.9 Å². The van der Waals surface area contributed by atoms with E-state index in [-0.39, 0.29) is 17.1 Å². The SMILES string of the molecule is ICO[C@H]1CC[C@H](NCC[C@@]2(c3ccccn3)CCOC3(CCCC3)C2)c2ccccc21. The number of benzene rings is 1. The Morgan fingerprint density at radius 3 is 2.62 bits per heavy atom. The van der Waals surface area contributed by atoms with Crippen LogP contribution in [0.2, 0.25) is 0 Å². The lowest BCUT2D eigenvalue weighted by Gasteiger charge is -2.46. The van der Waals surface area contributed by atoms with Crippen molar-refractivity contribution < 1.29 is 9.47 Å². The third kappa shape index (κ3) is 4.63. The number of fused-ring (bicyclic) bond motifs is 1. The third-order valence-corrected chi connectivity index (χ3v) is 8.43. The smallest absolute Gasteiger partial charge is 0.0987 e. The van der Waals surface area contributed by atoms with Crippen LogP contribution in [0.1, 0.15) is 86.8 Å². The lowest BCUT2D eigenvalue weighted by molar-refractivity contribution is -0.104. The van der Waals surface area contributed by atoms with E-state index >= 15 is 0 Å². The summed E-state index contributed by atoms with van der Waals surface area (Å²) in [6.07, 6.45) is 12.7. The van der Waals surface area contributed by atoms with Crippen molar-refractivity contribution in [3.05, 3.63) is 65.5 Å². The quantitative estimate of drug-likeness (QED) is 0.322. The molecule has 3 aliphatic rings. The van der Waals surface area contributed by atoms with Crippen molar-refractivity contribution in [3.8, 4) is 0 Å². The number of halogens is 1. The van der Waals surface area contributed by atoms with Gasteiger partial charge < -0.3 is 14.8 Å².